The van der Waals surface area contributed by atoms with E-state index in [-0.39, 0.29) is 5.82 Å². The molecule has 19 heavy (non-hydrogen) atoms. The van der Waals surface area contributed by atoms with E-state index in [1.54, 1.807) is 0 Å². The van der Waals surface area contributed by atoms with Crippen LogP contribution in [0.15, 0.2) is 48.5 Å². The van der Waals surface area contributed by atoms with Crippen LogP contribution in [0.2, 0.25) is 0 Å². The van der Waals surface area contributed by atoms with Gasteiger partial charge < -0.3 is 4.98 Å². The monoisotopic (exact) mass is 251 g/mol. The predicted molar refractivity (Wildman–Crippen MR) is 75.7 cm³/mol. The summed E-state index contributed by atoms with van der Waals surface area (Å²) in [6.07, 6.45) is 2.64. The molecule has 0 amide bonds. The fourth-order valence-corrected chi connectivity index (χ4v) is 2.61. The van der Waals surface area contributed by atoms with E-state index in [0.717, 1.165) is 22.7 Å². The van der Waals surface area contributed by atoms with Crippen LogP contribution in [-0.4, -0.2) is 4.98 Å². The highest BCUT2D eigenvalue weighted by Gasteiger charge is 2.23. The molecule has 1 nitrogen and oxygen atoms in total. The average molecular weight is 251 g/mol. The Morgan fingerprint density at radius 3 is 2.47 bits per heavy atom. The van der Waals surface area contributed by atoms with Gasteiger partial charge in [0.2, 0.25) is 0 Å². The molecule has 0 unspecified atom stereocenters. The van der Waals surface area contributed by atoms with Gasteiger partial charge in [-0.25, -0.2) is 4.39 Å². The minimum Gasteiger partial charge on any atom is -0.355 e. The molecule has 1 heterocycles. The summed E-state index contributed by atoms with van der Waals surface area (Å²) in [6.45, 7) is 0. The quantitative estimate of drug-likeness (QED) is 0.670. The summed E-state index contributed by atoms with van der Waals surface area (Å²) in [5.74, 6) is 0.574. The van der Waals surface area contributed by atoms with Crippen LogP contribution < -0.4 is 0 Å². The van der Waals surface area contributed by atoms with Crippen molar-refractivity contribution in [2.45, 2.75) is 18.8 Å². The second-order valence-electron chi connectivity index (χ2n) is 5.31. The largest absolute Gasteiger partial charge is 0.355 e. The Balaban J connectivity index is 1.80. The van der Waals surface area contributed by atoms with Crippen molar-refractivity contribution in [3.8, 4) is 11.3 Å². The Labute approximate surface area is 111 Å². The van der Waals surface area contributed by atoms with E-state index >= 15 is 0 Å². The van der Waals surface area contributed by atoms with Gasteiger partial charge in [0.1, 0.15) is 5.82 Å². The molecule has 1 fully saturated rings. The van der Waals surface area contributed by atoms with Crippen molar-refractivity contribution in [2.75, 3.05) is 0 Å². The smallest absolute Gasteiger partial charge is 0.123 e. The lowest BCUT2D eigenvalue weighted by Gasteiger charge is -1.97. The normalized spacial score (nSPS) is 15.0. The summed E-state index contributed by atoms with van der Waals surface area (Å²) in [4.78, 5) is 3.40. The second-order valence-corrected chi connectivity index (χ2v) is 5.31. The molecule has 3 aromatic rings. The number of aromatic amines is 1. The highest BCUT2D eigenvalue weighted by Crippen LogP contribution is 2.41. The standard InChI is InChI=1S/C17H14FN/c18-15-6-3-12(4-7-15)17-10-14-9-13(11-1-2-11)5-8-16(14)19-17/h3-11,19H,1-2H2. The summed E-state index contributed by atoms with van der Waals surface area (Å²) < 4.78 is 12.9. The number of aromatic nitrogens is 1. The summed E-state index contributed by atoms with van der Waals surface area (Å²) in [6, 6.07) is 15.4. The molecule has 1 saturated carbocycles. The maximum absolute atomic E-state index is 12.9. The summed E-state index contributed by atoms with van der Waals surface area (Å²) in [5, 5.41) is 1.24. The molecule has 2 heteroatoms. The Bertz CT molecular complexity index is 736. The first-order valence-corrected chi connectivity index (χ1v) is 6.68. The van der Waals surface area contributed by atoms with Gasteiger partial charge in [0, 0.05) is 16.6 Å². The molecule has 0 saturated heterocycles. The number of H-pyrrole nitrogens is 1. The van der Waals surface area contributed by atoms with E-state index in [2.05, 4.69) is 29.2 Å². The summed E-state index contributed by atoms with van der Waals surface area (Å²) in [7, 11) is 0. The summed E-state index contributed by atoms with van der Waals surface area (Å²) >= 11 is 0. The van der Waals surface area contributed by atoms with Crippen LogP contribution >= 0.6 is 0 Å². The van der Waals surface area contributed by atoms with Crippen LogP contribution in [0.3, 0.4) is 0 Å². The molecule has 4 rings (SSSR count). The number of fused-ring (bicyclic) bond motifs is 1. The van der Waals surface area contributed by atoms with Crippen molar-refractivity contribution in [1.82, 2.24) is 4.98 Å². The van der Waals surface area contributed by atoms with Crippen LogP contribution in [0, 0.1) is 5.82 Å². The SMILES string of the molecule is Fc1ccc(-c2cc3cc(C4CC4)ccc3[nH]2)cc1. The van der Waals surface area contributed by atoms with E-state index in [9.17, 15) is 4.39 Å². The molecule has 0 bridgehead atoms. The topological polar surface area (TPSA) is 15.8 Å². The second kappa shape index (κ2) is 3.95. The van der Waals surface area contributed by atoms with Gasteiger partial charge in [-0.3, -0.25) is 0 Å². The van der Waals surface area contributed by atoms with Crippen molar-refractivity contribution in [1.29, 1.82) is 0 Å². The lowest BCUT2D eigenvalue weighted by Crippen LogP contribution is -1.78. The van der Waals surface area contributed by atoms with Gasteiger partial charge in [0.05, 0.1) is 0 Å². The molecular weight excluding hydrogens is 237 g/mol. The third-order valence-corrected chi connectivity index (χ3v) is 3.85. The fourth-order valence-electron chi connectivity index (χ4n) is 2.61. The van der Waals surface area contributed by atoms with E-state index in [4.69, 9.17) is 0 Å². The van der Waals surface area contributed by atoms with Crippen LogP contribution in [0.25, 0.3) is 22.2 Å². The van der Waals surface area contributed by atoms with Crippen LogP contribution in [0.5, 0.6) is 0 Å². The third-order valence-electron chi connectivity index (χ3n) is 3.85. The van der Waals surface area contributed by atoms with Crippen molar-refractivity contribution in [2.24, 2.45) is 0 Å². The van der Waals surface area contributed by atoms with Gasteiger partial charge in [-0.2, -0.15) is 0 Å². The number of hydrogen-bond donors (Lipinski definition) is 1. The van der Waals surface area contributed by atoms with Gasteiger partial charge in [0.25, 0.3) is 0 Å². The molecule has 0 radical (unpaired) electrons. The number of rotatable bonds is 2. The first kappa shape index (κ1) is 10.8. The van der Waals surface area contributed by atoms with Gasteiger partial charge >= 0.3 is 0 Å². The molecular formula is C17H14FN. The first-order valence-electron chi connectivity index (χ1n) is 6.68. The van der Waals surface area contributed by atoms with Crippen molar-refractivity contribution < 1.29 is 4.39 Å². The zero-order valence-electron chi connectivity index (χ0n) is 10.5. The highest BCUT2D eigenvalue weighted by atomic mass is 19.1. The molecule has 1 aliphatic rings. The van der Waals surface area contributed by atoms with Crippen molar-refractivity contribution in [3.63, 3.8) is 0 Å². The molecule has 94 valence electrons. The fraction of sp³-hybridized carbons (Fsp3) is 0.176. The van der Waals surface area contributed by atoms with Crippen LogP contribution in [0.4, 0.5) is 4.39 Å². The van der Waals surface area contributed by atoms with E-state index in [1.807, 2.05) is 12.1 Å². The number of halogens is 1. The van der Waals surface area contributed by atoms with Gasteiger partial charge in [-0.1, -0.05) is 6.07 Å². The third kappa shape index (κ3) is 1.93. The predicted octanol–water partition coefficient (Wildman–Crippen LogP) is 4.85. The maximum atomic E-state index is 12.9. The van der Waals surface area contributed by atoms with E-state index in [1.165, 1.54) is 35.9 Å². The van der Waals surface area contributed by atoms with E-state index < -0.39 is 0 Å². The summed E-state index contributed by atoms with van der Waals surface area (Å²) in [5.41, 5.74) is 4.65. The molecule has 1 N–H and O–H groups in total. The number of hydrogen-bond acceptors (Lipinski definition) is 0. The van der Waals surface area contributed by atoms with Crippen LogP contribution in [0.1, 0.15) is 24.3 Å². The molecule has 1 aromatic heterocycles. The van der Waals surface area contributed by atoms with Gasteiger partial charge in [0.15, 0.2) is 0 Å². The number of nitrogens with one attached hydrogen (secondary N) is 1. The molecule has 0 spiro atoms. The lowest BCUT2D eigenvalue weighted by atomic mass is 10.1. The van der Waals surface area contributed by atoms with Crippen molar-refractivity contribution >= 4 is 10.9 Å². The average Bonchev–Trinajstić information content (AvgIpc) is 3.18. The van der Waals surface area contributed by atoms with Crippen molar-refractivity contribution in [3.05, 3.63) is 59.9 Å². The molecule has 1 aliphatic carbocycles. The van der Waals surface area contributed by atoms with E-state index in [0.29, 0.717) is 0 Å². The highest BCUT2D eigenvalue weighted by molar-refractivity contribution is 5.86. The van der Waals surface area contributed by atoms with Gasteiger partial charge in [-0.15, -0.1) is 0 Å². The minimum absolute atomic E-state index is 0.198. The Morgan fingerprint density at radius 1 is 0.947 bits per heavy atom. The molecule has 2 aromatic carbocycles. The zero-order chi connectivity index (χ0) is 12.8. The maximum Gasteiger partial charge on any atom is 0.123 e. The first-order chi connectivity index (χ1) is 9.29. The van der Waals surface area contributed by atoms with Gasteiger partial charge in [-0.05, 0) is 72.4 Å². The number of benzene rings is 2. The molecule has 0 aliphatic heterocycles. The Morgan fingerprint density at radius 2 is 1.74 bits per heavy atom. The minimum atomic E-state index is -0.198. The zero-order valence-corrected chi connectivity index (χ0v) is 10.5. The Kier molecular flexibility index (Phi) is 2.25. The van der Waals surface area contributed by atoms with Crippen LogP contribution in [-0.2, 0) is 0 Å². The lowest BCUT2D eigenvalue weighted by molar-refractivity contribution is 0.628. The Hall–Kier alpha value is -2.09. The molecule has 0 atom stereocenters.